The van der Waals surface area contributed by atoms with E-state index in [1.165, 1.54) is 55.5 Å². The Labute approximate surface area is 405 Å². The zero-order valence-corrected chi connectivity index (χ0v) is 39.5. The Morgan fingerprint density at radius 2 is 1.42 bits per heavy atom. The maximum Gasteiger partial charge on any atom is 0.407 e. The van der Waals surface area contributed by atoms with Crippen LogP contribution in [0.25, 0.3) is 22.1 Å². The highest BCUT2D eigenvalue weighted by Gasteiger charge is 2.44. The number of benzene rings is 4. The Morgan fingerprint density at radius 3 is 2.04 bits per heavy atom. The molecule has 0 bridgehead atoms. The van der Waals surface area contributed by atoms with E-state index in [1.807, 2.05) is 0 Å². The first kappa shape index (κ1) is 47.9. The summed E-state index contributed by atoms with van der Waals surface area (Å²) >= 11 is 0. The fraction of sp³-hybridized carbons (Fsp3) is 0.431. The van der Waals surface area contributed by atoms with Crippen LogP contribution in [-0.4, -0.2) is 101 Å². The van der Waals surface area contributed by atoms with Crippen molar-refractivity contribution >= 4 is 51.9 Å². The number of aromatic amines is 2. The van der Waals surface area contributed by atoms with Crippen LogP contribution in [0.2, 0.25) is 0 Å². The fourth-order valence-corrected chi connectivity index (χ4v) is 11.4. The van der Waals surface area contributed by atoms with Gasteiger partial charge < -0.3 is 50.1 Å². The van der Waals surface area contributed by atoms with E-state index in [1.54, 1.807) is 45.9 Å². The largest absolute Gasteiger partial charge is 0.453 e. The minimum atomic E-state index is -1.23. The van der Waals surface area contributed by atoms with Crippen molar-refractivity contribution in [2.45, 2.75) is 100 Å². The maximum absolute atomic E-state index is 16.8. The van der Waals surface area contributed by atoms with E-state index in [9.17, 15) is 18.8 Å². The molecular formula is C51H55F5N10O5. The molecule has 6 heterocycles. The molecule has 1 unspecified atom stereocenters. The molecule has 71 heavy (non-hydrogen) atoms. The quantitative estimate of drug-likeness (QED) is 0.0688. The molecule has 3 amide bonds. The monoisotopic (exact) mass is 982 g/mol. The number of alkyl carbamates (subject to hydrolysis) is 1. The second-order valence-electron chi connectivity index (χ2n) is 19.1. The third kappa shape index (κ3) is 8.67. The van der Waals surface area contributed by atoms with Crippen molar-refractivity contribution in [2.75, 3.05) is 50.2 Å². The third-order valence-electron chi connectivity index (χ3n) is 15.2. The molecule has 10 rings (SSSR count). The number of rotatable bonds is 12. The number of hydrogen-bond donors (Lipinski definition) is 4. The molecule has 5 N–H and O–H groups in total. The van der Waals surface area contributed by atoms with Gasteiger partial charge in [-0.05, 0) is 106 Å². The lowest BCUT2D eigenvalue weighted by atomic mass is 9.89. The van der Waals surface area contributed by atoms with Crippen LogP contribution in [0.4, 0.5) is 38.1 Å². The van der Waals surface area contributed by atoms with Crippen LogP contribution < -0.4 is 20.9 Å². The van der Waals surface area contributed by atoms with Gasteiger partial charge in [0.15, 0.2) is 11.6 Å². The molecule has 6 atom stereocenters. The molecule has 4 aromatic carbocycles. The maximum atomic E-state index is 16.8. The van der Waals surface area contributed by atoms with Crippen LogP contribution in [0.1, 0.15) is 111 Å². The Balaban J connectivity index is 1.00. The second kappa shape index (κ2) is 19.1. The van der Waals surface area contributed by atoms with Crippen molar-refractivity contribution in [1.29, 1.82) is 0 Å². The Bertz CT molecular complexity index is 2980. The normalized spacial score (nSPS) is 22.7. The number of methoxy groups -OCH3 is 2. The minimum absolute atomic E-state index is 0.0704. The molecule has 2 aromatic heterocycles. The van der Waals surface area contributed by atoms with Gasteiger partial charge in [-0.15, -0.1) is 0 Å². The van der Waals surface area contributed by atoms with Crippen molar-refractivity contribution < 1.29 is 45.8 Å². The number of carbonyl (C=O) groups excluding carboxylic acids is 3. The molecule has 20 heteroatoms. The Kier molecular flexibility index (Phi) is 12.9. The van der Waals surface area contributed by atoms with Gasteiger partial charge in [-0.1, -0.05) is 12.1 Å². The van der Waals surface area contributed by atoms with Gasteiger partial charge in [0, 0.05) is 62.2 Å². The number of likely N-dealkylation sites (tertiary alicyclic amines) is 2. The number of hydrogen-bond acceptors (Lipinski definition) is 10. The summed E-state index contributed by atoms with van der Waals surface area (Å²) < 4.78 is 90.8. The van der Waals surface area contributed by atoms with Crippen molar-refractivity contribution in [3.05, 3.63) is 118 Å². The van der Waals surface area contributed by atoms with Crippen LogP contribution in [0.15, 0.2) is 60.7 Å². The molecule has 0 saturated carbocycles. The van der Waals surface area contributed by atoms with E-state index < -0.39 is 71.2 Å². The lowest BCUT2D eigenvalue weighted by Gasteiger charge is -2.36. The number of piperidine rings is 1. The van der Waals surface area contributed by atoms with Crippen molar-refractivity contribution in [1.82, 2.24) is 35.1 Å². The number of fused-ring (bicyclic) bond motifs is 2. The van der Waals surface area contributed by atoms with Gasteiger partial charge in [0.2, 0.25) is 12.3 Å². The third-order valence-corrected chi connectivity index (χ3v) is 15.2. The number of halogens is 5. The first-order chi connectivity index (χ1) is 34.2. The van der Waals surface area contributed by atoms with E-state index in [0.29, 0.717) is 88.0 Å². The molecular weight excluding hydrogens is 928 g/mol. The molecule has 0 spiro atoms. The molecule has 4 aliphatic heterocycles. The standard InChI is InChI=1S/C51H55F5N10O5/c1-27(70-2)45(62-50(69)71-3)48(68)65-17-4-6-44(65)47-58-38-22-32(34(53)24-40(38)59-47)42-11-12-43(33-23-39-41(25-35(33)54)61-49(60-39)51(57)15-5-16-64(51)26-67)66(42)31-20-36(55)46(37(56)21-31)63-18-13-29(14-19-63)28-7-9-30(52)10-8-28/h7-10,20-27,29,42-45H,4-6,11-19,57H2,1-3H3,(H,58,59)(H,60,61)(H,62,69)/t27-,42-,43-,44+,45?,51-/m1/s1. The summed E-state index contributed by atoms with van der Waals surface area (Å²) in [6.45, 7) is 3.14. The molecule has 0 aliphatic carbocycles. The number of H-pyrrole nitrogens is 2. The lowest BCUT2D eigenvalue weighted by molar-refractivity contribution is -0.137. The zero-order valence-electron chi connectivity index (χ0n) is 39.5. The number of nitrogens with zero attached hydrogens (tertiary/aromatic N) is 6. The molecule has 4 fully saturated rings. The van der Waals surface area contributed by atoms with Gasteiger partial charge in [0.25, 0.3) is 0 Å². The molecule has 374 valence electrons. The fourth-order valence-electron chi connectivity index (χ4n) is 11.4. The lowest BCUT2D eigenvalue weighted by Crippen LogP contribution is -2.54. The highest BCUT2D eigenvalue weighted by molar-refractivity contribution is 5.87. The summed E-state index contributed by atoms with van der Waals surface area (Å²) in [4.78, 5) is 60.4. The number of imidazole rings is 2. The number of aromatic nitrogens is 4. The summed E-state index contributed by atoms with van der Waals surface area (Å²) in [5.74, 6) is -2.95. The van der Waals surface area contributed by atoms with Gasteiger partial charge in [0.05, 0.1) is 53.4 Å². The average Bonchev–Trinajstić information content (AvgIpc) is 4.22. The van der Waals surface area contributed by atoms with E-state index >= 15 is 17.6 Å². The number of anilines is 2. The smallest absolute Gasteiger partial charge is 0.407 e. The van der Waals surface area contributed by atoms with Crippen molar-refractivity contribution in [3.63, 3.8) is 0 Å². The van der Waals surface area contributed by atoms with Crippen molar-refractivity contribution in [2.24, 2.45) is 5.73 Å². The van der Waals surface area contributed by atoms with E-state index in [4.69, 9.17) is 20.2 Å². The van der Waals surface area contributed by atoms with Gasteiger partial charge in [-0.25, -0.2) is 36.7 Å². The van der Waals surface area contributed by atoms with Gasteiger partial charge in [-0.2, -0.15) is 0 Å². The molecule has 6 aromatic rings. The van der Waals surface area contributed by atoms with E-state index in [2.05, 4.69) is 20.3 Å². The zero-order chi connectivity index (χ0) is 49.9. The topological polar surface area (TPSA) is 178 Å². The number of carbonyl (C=O) groups is 3. The molecule has 15 nitrogen and oxygen atoms in total. The van der Waals surface area contributed by atoms with Crippen LogP contribution in [0, 0.1) is 29.1 Å². The second-order valence-corrected chi connectivity index (χ2v) is 19.1. The Morgan fingerprint density at radius 1 is 0.789 bits per heavy atom. The average molecular weight is 983 g/mol. The predicted molar refractivity (Wildman–Crippen MR) is 254 cm³/mol. The van der Waals surface area contributed by atoms with E-state index in [-0.39, 0.29) is 63.9 Å². The van der Waals surface area contributed by atoms with Gasteiger partial charge >= 0.3 is 6.09 Å². The minimum Gasteiger partial charge on any atom is -0.453 e. The summed E-state index contributed by atoms with van der Waals surface area (Å²) in [6.07, 6.45) is 3.09. The number of ether oxygens (including phenoxy) is 2. The first-order valence-electron chi connectivity index (χ1n) is 24.0. The molecule has 4 saturated heterocycles. The van der Waals surface area contributed by atoms with Crippen LogP contribution in [-0.2, 0) is 24.7 Å². The van der Waals surface area contributed by atoms with Crippen LogP contribution >= 0.6 is 0 Å². The number of amides is 3. The molecule has 4 aliphatic rings. The van der Waals surface area contributed by atoms with Crippen LogP contribution in [0.3, 0.4) is 0 Å². The van der Waals surface area contributed by atoms with Crippen LogP contribution in [0.5, 0.6) is 0 Å². The summed E-state index contributed by atoms with van der Waals surface area (Å²) in [5.41, 5.74) is 8.06. The summed E-state index contributed by atoms with van der Waals surface area (Å²) in [6, 6.07) is 11.1. The van der Waals surface area contributed by atoms with E-state index in [0.717, 1.165) is 5.56 Å². The highest BCUT2D eigenvalue weighted by Crippen LogP contribution is 2.50. The summed E-state index contributed by atoms with van der Waals surface area (Å²) in [7, 11) is 2.62. The number of nitrogens with two attached hydrogens (primary N) is 1. The van der Waals surface area contributed by atoms with Gasteiger partial charge in [0.1, 0.15) is 46.5 Å². The molecule has 0 radical (unpaired) electrons. The first-order valence-corrected chi connectivity index (χ1v) is 24.0. The number of nitrogens with one attached hydrogen (secondary N) is 3. The Hall–Kier alpha value is -6.80. The van der Waals surface area contributed by atoms with Crippen molar-refractivity contribution in [3.8, 4) is 0 Å². The summed E-state index contributed by atoms with van der Waals surface area (Å²) in [5, 5.41) is 2.57. The highest BCUT2D eigenvalue weighted by atomic mass is 19.1. The SMILES string of the molecule is COC(=O)NC(C(=O)N1CCC[C@H]1c1nc2cc(F)c([C@H]3CC[C@H](c4cc5[nH]c([C@@]6(N)CCCN6C=O)nc5cc4F)N3c3cc(F)c(N4CCC(c5ccc(F)cc5)CC4)c(F)c3)cc2[nH]1)[C@@H](C)OC. The van der Waals surface area contributed by atoms with Gasteiger partial charge in [-0.3, -0.25) is 9.59 Å². The predicted octanol–water partition coefficient (Wildman–Crippen LogP) is 8.39.